The van der Waals surface area contributed by atoms with Crippen molar-refractivity contribution in [3.8, 4) is 0 Å². The van der Waals surface area contributed by atoms with Crippen molar-refractivity contribution in [2.45, 2.75) is 12.3 Å². The molecule has 1 saturated heterocycles. The average molecular weight is 227 g/mol. The van der Waals surface area contributed by atoms with Gasteiger partial charge in [-0.3, -0.25) is 14.6 Å². The van der Waals surface area contributed by atoms with Crippen molar-refractivity contribution in [3.63, 3.8) is 0 Å². The number of pyridine rings is 1. The van der Waals surface area contributed by atoms with Crippen LogP contribution in [0.2, 0.25) is 0 Å². The van der Waals surface area contributed by atoms with E-state index in [-0.39, 0.29) is 6.42 Å². The fraction of sp³-hybridized carbons (Fsp3) is 0.154. The largest absolute Gasteiger partial charge is 0.393 e. The van der Waals surface area contributed by atoms with Gasteiger partial charge in [0.15, 0.2) is 0 Å². The minimum atomic E-state index is -0.500. The van der Waals surface area contributed by atoms with E-state index in [1.165, 1.54) is 0 Å². The number of carbonyl (C=O) groups is 2. The topological polar surface area (TPSA) is 56.3 Å². The van der Waals surface area contributed by atoms with Crippen LogP contribution in [0.1, 0.15) is 17.9 Å². The standard InChI is InChI=1S/C13H9NO3/c15-12-6-10(13(16)17-12)9-5-8-3-1-2-4-11(8)14-7-9/h1-5,7,10H,6H2. The molecular formula is C13H9NO3. The molecule has 2 aromatic rings. The maximum absolute atomic E-state index is 11.5. The molecular weight excluding hydrogens is 218 g/mol. The van der Waals surface area contributed by atoms with Crippen molar-refractivity contribution in [1.29, 1.82) is 0 Å². The summed E-state index contributed by atoms with van der Waals surface area (Å²) in [6.07, 6.45) is 1.74. The highest BCUT2D eigenvalue weighted by atomic mass is 16.6. The summed E-state index contributed by atoms with van der Waals surface area (Å²) in [5, 5.41) is 0.956. The van der Waals surface area contributed by atoms with Gasteiger partial charge in [0.25, 0.3) is 0 Å². The van der Waals surface area contributed by atoms with Crippen LogP contribution < -0.4 is 0 Å². The molecule has 84 valence electrons. The van der Waals surface area contributed by atoms with Gasteiger partial charge in [0.05, 0.1) is 17.9 Å². The van der Waals surface area contributed by atoms with Gasteiger partial charge in [-0.25, -0.2) is 0 Å². The summed E-state index contributed by atoms with van der Waals surface area (Å²) in [4.78, 5) is 26.8. The number of hydrogen-bond acceptors (Lipinski definition) is 4. The molecule has 0 radical (unpaired) electrons. The Labute approximate surface area is 97.2 Å². The lowest BCUT2D eigenvalue weighted by Gasteiger charge is -2.05. The Hall–Kier alpha value is -2.23. The minimum Gasteiger partial charge on any atom is -0.393 e. The number of nitrogens with zero attached hydrogens (tertiary/aromatic N) is 1. The molecule has 0 N–H and O–H groups in total. The second-order valence-corrected chi connectivity index (χ2v) is 4.01. The van der Waals surface area contributed by atoms with E-state index in [1.807, 2.05) is 30.3 Å². The highest BCUT2D eigenvalue weighted by Gasteiger charge is 2.34. The maximum Gasteiger partial charge on any atom is 0.321 e. The van der Waals surface area contributed by atoms with Crippen molar-refractivity contribution >= 4 is 22.8 Å². The van der Waals surface area contributed by atoms with Gasteiger partial charge in [-0.05, 0) is 17.7 Å². The Morgan fingerprint density at radius 1 is 1.24 bits per heavy atom. The summed E-state index contributed by atoms with van der Waals surface area (Å²) >= 11 is 0. The third kappa shape index (κ3) is 1.67. The number of fused-ring (bicyclic) bond motifs is 1. The highest BCUT2D eigenvalue weighted by Crippen LogP contribution is 2.28. The monoisotopic (exact) mass is 227 g/mol. The number of esters is 2. The lowest BCUT2D eigenvalue weighted by Crippen LogP contribution is -2.05. The number of para-hydroxylation sites is 1. The zero-order valence-corrected chi connectivity index (χ0v) is 8.92. The van der Waals surface area contributed by atoms with Crippen LogP contribution in [0.5, 0.6) is 0 Å². The molecule has 2 heterocycles. The minimum absolute atomic E-state index is 0.110. The Morgan fingerprint density at radius 2 is 2.06 bits per heavy atom. The Bertz CT molecular complexity index is 621. The zero-order valence-electron chi connectivity index (χ0n) is 8.92. The third-order valence-electron chi connectivity index (χ3n) is 2.88. The number of aromatic nitrogens is 1. The predicted octanol–water partition coefficient (Wildman–Crippen LogP) is 1.79. The second kappa shape index (κ2) is 3.66. The normalized spacial score (nSPS) is 19.6. The van der Waals surface area contributed by atoms with E-state index >= 15 is 0 Å². The van der Waals surface area contributed by atoms with Crippen LogP contribution >= 0.6 is 0 Å². The molecule has 0 aliphatic carbocycles. The van der Waals surface area contributed by atoms with Crippen molar-refractivity contribution < 1.29 is 14.3 Å². The van der Waals surface area contributed by atoms with Crippen LogP contribution in [0.25, 0.3) is 10.9 Å². The smallest absolute Gasteiger partial charge is 0.321 e. The molecule has 1 unspecified atom stereocenters. The molecule has 4 nitrogen and oxygen atoms in total. The Morgan fingerprint density at radius 3 is 2.82 bits per heavy atom. The van der Waals surface area contributed by atoms with Gasteiger partial charge in [-0.2, -0.15) is 0 Å². The molecule has 1 aromatic carbocycles. The SMILES string of the molecule is O=C1CC(c2cnc3ccccc3c2)C(=O)O1. The summed E-state index contributed by atoms with van der Waals surface area (Å²) < 4.78 is 4.53. The van der Waals surface area contributed by atoms with Crippen molar-refractivity contribution in [2.75, 3.05) is 0 Å². The van der Waals surface area contributed by atoms with Gasteiger partial charge in [0.2, 0.25) is 0 Å². The molecule has 3 rings (SSSR count). The van der Waals surface area contributed by atoms with E-state index in [9.17, 15) is 9.59 Å². The lowest BCUT2D eigenvalue weighted by atomic mass is 9.98. The number of ether oxygens (including phenoxy) is 1. The van der Waals surface area contributed by atoms with Gasteiger partial charge in [0, 0.05) is 11.6 Å². The van der Waals surface area contributed by atoms with Crippen molar-refractivity contribution in [2.24, 2.45) is 0 Å². The van der Waals surface area contributed by atoms with Crippen molar-refractivity contribution in [1.82, 2.24) is 4.98 Å². The fourth-order valence-electron chi connectivity index (χ4n) is 2.01. The van der Waals surface area contributed by atoms with Crippen LogP contribution in [-0.4, -0.2) is 16.9 Å². The van der Waals surface area contributed by atoms with Crippen molar-refractivity contribution in [3.05, 3.63) is 42.1 Å². The predicted molar refractivity (Wildman–Crippen MR) is 60.2 cm³/mol. The highest BCUT2D eigenvalue weighted by molar-refractivity contribution is 5.98. The number of hydrogen-bond donors (Lipinski definition) is 0. The Balaban J connectivity index is 2.06. The molecule has 17 heavy (non-hydrogen) atoms. The Kier molecular flexibility index (Phi) is 2.14. The molecule has 1 atom stereocenters. The molecule has 0 amide bonds. The second-order valence-electron chi connectivity index (χ2n) is 4.01. The van der Waals surface area contributed by atoms with Crippen LogP contribution in [-0.2, 0) is 14.3 Å². The van der Waals surface area contributed by atoms with Gasteiger partial charge < -0.3 is 4.74 Å². The fourth-order valence-corrected chi connectivity index (χ4v) is 2.01. The summed E-state index contributed by atoms with van der Waals surface area (Å²) in [6.45, 7) is 0. The summed E-state index contributed by atoms with van der Waals surface area (Å²) in [5.41, 5.74) is 1.61. The van der Waals surface area contributed by atoms with Crippen LogP contribution in [0.4, 0.5) is 0 Å². The number of rotatable bonds is 1. The summed E-state index contributed by atoms with van der Waals surface area (Å²) in [6, 6.07) is 9.52. The first-order valence-corrected chi connectivity index (χ1v) is 5.33. The molecule has 1 aliphatic heterocycles. The van der Waals surface area contributed by atoms with Crippen LogP contribution in [0.3, 0.4) is 0 Å². The van der Waals surface area contributed by atoms with E-state index in [4.69, 9.17) is 0 Å². The first-order valence-electron chi connectivity index (χ1n) is 5.33. The van der Waals surface area contributed by atoms with E-state index in [0.717, 1.165) is 16.5 Å². The average Bonchev–Trinajstić information content (AvgIpc) is 2.68. The van der Waals surface area contributed by atoms with Gasteiger partial charge in [0.1, 0.15) is 0 Å². The van der Waals surface area contributed by atoms with E-state index in [2.05, 4.69) is 9.72 Å². The molecule has 1 aliphatic rings. The maximum atomic E-state index is 11.5. The molecule has 0 spiro atoms. The van der Waals surface area contributed by atoms with Crippen LogP contribution in [0.15, 0.2) is 36.5 Å². The van der Waals surface area contributed by atoms with E-state index in [1.54, 1.807) is 6.20 Å². The van der Waals surface area contributed by atoms with E-state index < -0.39 is 17.9 Å². The summed E-state index contributed by atoms with van der Waals surface area (Å²) in [5.74, 6) is -1.44. The lowest BCUT2D eigenvalue weighted by molar-refractivity contribution is -0.152. The number of cyclic esters (lactones) is 2. The van der Waals surface area contributed by atoms with Crippen LogP contribution in [0, 0.1) is 0 Å². The third-order valence-corrected chi connectivity index (χ3v) is 2.88. The quantitative estimate of drug-likeness (QED) is 0.550. The first-order chi connectivity index (χ1) is 8.24. The number of carbonyl (C=O) groups excluding carboxylic acids is 2. The molecule has 0 bridgehead atoms. The molecule has 1 aromatic heterocycles. The van der Waals surface area contributed by atoms with Gasteiger partial charge in [-0.15, -0.1) is 0 Å². The van der Waals surface area contributed by atoms with Gasteiger partial charge in [-0.1, -0.05) is 18.2 Å². The molecule has 1 fully saturated rings. The molecule has 0 saturated carbocycles. The summed E-state index contributed by atoms with van der Waals surface area (Å²) in [7, 11) is 0. The zero-order chi connectivity index (χ0) is 11.8. The van der Waals surface area contributed by atoms with Gasteiger partial charge >= 0.3 is 11.9 Å². The first kappa shape index (κ1) is 9.96. The van der Waals surface area contributed by atoms with E-state index in [0.29, 0.717) is 0 Å². The number of benzene rings is 1. The molecule has 4 heteroatoms.